The Labute approximate surface area is 127 Å². The molecule has 1 aromatic heterocycles. The van der Waals surface area contributed by atoms with E-state index in [0.29, 0.717) is 0 Å². The lowest BCUT2D eigenvalue weighted by Crippen LogP contribution is -2.39. The molecule has 1 heterocycles. The van der Waals surface area contributed by atoms with Gasteiger partial charge in [0.15, 0.2) is 0 Å². The lowest BCUT2D eigenvalue weighted by atomic mass is 10.1. The van der Waals surface area contributed by atoms with Crippen LogP contribution in [0.2, 0.25) is 5.02 Å². The van der Waals surface area contributed by atoms with E-state index < -0.39 is 17.0 Å². The summed E-state index contributed by atoms with van der Waals surface area (Å²) in [7, 11) is 2.80. The van der Waals surface area contributed by atoms with Crippen molar-refractivity contribution in [1.82, 2.24) is 9.13 Å². The van der Waals surface area contributed by atoms with Crippen molar-refractivity contribution in [3.63, 3.8) is 0 Å². The molecule has 0 amide bonds. The monoisotopic (exact) mass is 356 g/mol. The summed E-state index contributed by atoms with van der Waals surface area (Å²) in [6.45, 7) is 0. The van der Waals surface area contributed by atoms with Gasteiger partial charge in [0.2, 0.25) is 5.78 Å². The van der Waals surface area contributed by atoms with Gasteiger partial charge in [0.25, 0.3) is 5.56 Å². The zero-order valence-electron chi connectivity index (χ0n) is 10.7. The molecule has 2 aromatic rings. The minimum absolute atomic E-state index is 0.0983. The molecular formula is C13H10BrClN2O3. The van der Waals surface area contributed by atoms with Crippen LogP contribution in [0.3, 0.4) is 0 Å². The number of carbonyl (C=O) groups excluding carboxylic acids is 1. The van der Waals surface area contributed by atoms with E-state index >= 15 is 0 Å². The first kappa shape index (κ1) is 14.7. The molecule has 0 spiro atoms. The highest BCUT2D eigenvalue weighted by atomic mass is 79.9. The van der Waals surface area contributed by atoms with Gasteiger partial charge in [-0.1, -0.05) is 27.5 Å². The van der Waals surface area contributed by atoms with Crippen LogP contribution in [-0.2, 0) is 14.1 Å². The largest absolute Gasteiger partial charge is 0.330 e. The van der Waals surface area contributed by atoms with Gasteiger partial charge in [0.1, 0.15) is 5.56 Å². The molecule has 0 fully saturated rings. The topological polar surface area (TPSA) is 61.1 Å². The third-order valence-electron chi connectivity index (χ3n) is 2.87. The number of hydrogen-bond acceptors (Lipinski definition) is 3. The number of hydrogen-bond donors (Lipinski definition) is 0. The number of benzene rings is 1. The van der Waals surface area contributed by atoms with Crippen molar-refractivity contribution < 1.29 is 4.79 Å². The molecule has 0 aliphatic carbocycles. The van der Waals surface area contributed by atoms with Crippen molar-refractivity contribution in [2.45, 2.75) is 0 Å². The van der Waals surface area contributed by atoms with Crippen LogP contribution in [-0.4, -0.2) is 14.9 Å². The Morgan fingerprint density at radius 2 is 1.85 bits per heavy atom. The summed E-state index contributed by atoms with van der Waals surface area (Å²) in [5, 5.41) is 0.236. The molecule has 2 rings (SSSR count). The normalized spacial score (nSPS) is 10.6. The van der Waals surface area contributed by atoms with Gasteiger partial charge in [-0.2, -0.15) is 0 Å². The minimum Gasteiger partial charge on any atom is -0.303 e. The first-order valence-corrected chi connectivity index (χ1v) is 6.76. The molecule has 0 aliphatic rings. The SMILES string of the molecule is Cn1cc(C(=O)c2ccc(Br)cc2Cl)c(=O)n(C)c1=O. The molecule has 0 N–H and O–H groups in total. The molecule has 0 atom stereocenters. The summed E-state index contributed by atoms with van der Waals surface area (Å²) in [4.78, 5) is 36.0. The lowest BCUT2D eigenvalue weighted by Gasteiger charge is -2.07. The first-order chi connectivity index (χ1) is 9.32. The van der Waals surface area contributed by atoms with Gasteiger partial charge >= 0.3 is 5.69 Å². The molecular weight excluding hydrogens is 348 g/mol. The van der Waals surface area contributed by atoms with E-state index in [2.05, 4.69) is 15.9 Å². The zero-order chi connectivity index (χ0) is 15.0. The van der Waals surface area contributed by atoms with Crippen LogP contribution in [0, 0.1) is 0 Å². The highest BCUT2D eigenvalue weighted by molar-refractivity contribution is 9.10. The highest BCUT2D eigenvalue weighted by Gasteiger charge is 2.18. The van der Waals surface area contributed by atoms with Gasteiger partial charge in [-0.05, 0) is 18.2 Å². The Kier molecular flexibility index (Phi) is 3.96. The molecule has 0 saturated heterocycles. The molecule has 7 heteroatoms. The third-order valence-corrected chi connectivity index (χ3v) is 3.67. The molecule has 0 saturated carbocycles. The summed E-state index contributed by atoms with van der Waals surface area (Å²) >= 11 is 9.25. The van der Waals surface area contributed by atoms with Crippen LogP contribution in [0.4, 0.5) is 0 Å². The molecule has 0 unspecified atom stereocenters. The second-order valence-corrected chi connectivity index (χ2v) is 5.58. The fourth-order valence-electron chi connectivity index (χ4n) is 1.78. The molecule has 104 valence electrons. The van der Waals surface area contributed by atoms with Crippen molar-refractivity contribution in [1.29, 1.82) is 0 Å². The van der Waals surface area contributed by atoms with Crippen LogP contribution < -0.4 is 11.2 Å². The summed E-state index contributed by atoms with van der Waals surface area (Å²) in [6, 6.07) is 4.76. The Hall–Kier alpha value is -1.66. The number of aromatic nitrogens is 2. The predicted octanol–water partition coefficient (Wildman–Crippen LogP) is 1.73. The zero-order valence-corrected chi connectivity index (χ0v) is 13.0. The van der Waals surface area contributed by atoms with E-state index in [1.165, 1.54) is 30.9 Å². The van der Waals surface area contributed by atoms with Crippen molar-refractivity contribution in [2.24, 2.45) is 14.1 Å². The van der Waals surface area contributed by atoms with Crippen LogP contribution in [0.25, 0.3) is 0 Å². The van der Waals surface area contributed by atoms with Gasteiger partial charge in [0, 0.05) is 30.3 Å². The molecule has 1 aromatic carbocycles. The second-order valence-electron chi connectivity index (χ2n) is 4.25. The average Bonchev–Trinajstić information content (AvgIpc) is 2.40. The molecule has 5 nitrogen and oxygen atoms in total. The van der Waals surface area contributed by atoms with Crippen molar-refractivity contribution in [3.8, 4) is 0 Å². The molecule has 0 aliphatic heterocycles. The smallest absolute Gasteiger partial charge is 0.303 e. The van der Waals surface area contributed by atoms with Crippen molar-refractivity contribution in [2.75, 3.05) is 0 Å². The third kappa shape index (κ3) is 2.48. The number of aryl methyl sites for hydroxylation is 1. The summed E-state index contributed by atoms with van der Waals surface area (Å²) in [5.41, 5.74) is -1.02. The number of halogens is 2. The van der Waals surface area contributed by atoms with E-state index in [-0.39, 0.29) is 16.1 Å². The minimum atomic E-state index is -0.642. The number of ketones is 1. The Bertz CT molecular complexity index is 823. The van der Waals surface area contributed by atoms with Crippen LogP contribution in [0.15, 0.2) is 38.5 Å². The quantitative estimate of drug-likeness (QED) is 0.769. The van der Waals surface area contributed by atoms with Crippen LogP contribution in [0.5, 0.6) is 0 Å². The maximum atomic E-state index is 12.4. The Morgan fingerprint density at radius 1 is 1.20 bits per heavy atom. The lowest BCUT2D eigenvalue weighted by molar-refractivity contribution is 0.103. The fraction of sp³-hybridized carbons (Fsp3) is 0.154. The molecule has 0 radical (unpaired) electrons. The Morgan fingerprint density at radius 3 is 2.45 bits per heavy atom. The first-order valence-electron chi connectivity index (χ1n) is 5.59. The van der Waals surface area contributed by atoms with Gasteiger partial charge in [0.05, 0.1) is 5.02 Å². The van der Waals surface area contributed by atoms with E-state index in [1.807, 2.05) is 0 Å². The second kappa shape index (κ2) is 5.38. The fourth-order valence-corrected chi connectivity index (χ4v) is 2.54. The standard InChI is InChI=1S/C13H10BrClN2O3/c1-16-6-9(12(19)17(2)13(16)20)11(18)8-4-3-7(14)5-10(8)15/h3-6H,1-2H3. The number of rotatable bonds is 2. The maximum Gasteiger partial charge on any atom is 0.330 e. The van der Waals surface area contributed by atoms with E-state index in [9.17, 15) is 14.4 Å². The van der Waals surface area contributed by atoms with E-state index in [1.54, 1.807) is 12.1 Å². The Balaban J connectivity index is 2.66. The summed E-state index contributed by atoms with van der Waals surface area (Å²) in [5.74, 6) is -0.515. The van der Waals surface area contributed by atoms with Gasteiger partial charge in [-0.3, -0.25) is 14.2 Å². The number of nitrogens with zero attached hydrogens (tertiary/aromatic N) is 2. The van der Waals surface area contributed by atoms with Gasteiger partial charge < -0.3 is 4.57 Å². The average molecular weight is 358 g/mol. The summed E-state index contributed by atoms with van der Waals surface area (Å²) < 4.78 is 2.80. The highest BCUT2D eigenvalue weighted by Crippen LogP contribution is 2.22. The predicted molar refractivity (Wildman–Crippen MR) is 79.5 cm³/mol. The summed E-state index contributed by atoms with van der Waals surface area (Å²) in [6.07, 6.45) is 1.23. The van der Waals surface area contributed by atoms with Crippen LogP contribution >= 0.6 is 27.5 Å². The number of carbonyl (C=O) groups is 1. The van der Waals surface area contributed by atoms with E-state index in [4.69, 9.17) is 11.6 Å². The maximum absolute atomic E-state index is 12.4. The van der Waals surface area contributed by atoms with Crippen molar-refractivity contribution in [3.05, 3.63) is 65.9 Å². The van der Waals surface area contributed by atoms with E-state index in [0.717, 1.165) is 9.04 Å². The van der Waals surface area contributed by atoms with Gasteiger partial charge in [-0.25, -0.2) is 4.79 Å². The molecule has 0 bridgehead atoms. The van der Waals surface area contributed by atoms with Gasteiger partial charge in [-0.15, -0.1) is 0 Å². The van der Waals surface area contributed by atoms with Crippen LogP contribution in [0.1, 0.15) is 15.9 Å². The van der Waals surface area contributed by atoms with Crippen molar-refractivity contribution >= 4 is 33.3 Å². The molecule has 20 heavy (non-hydrogen) atoms.